The lowest BCUT2D eigenvalue weighted by atomic mass is 10.1. The van der Waals surface area contributed by atoms with Crippen molar-refractivity contribution in [1.82, 2.24) is 5.32 Å². The van der Waals surface area contributed by atoms with E-state index in [1.165, 1.54) is 18.3 Å². The summed E-state index contributed by atoms with van der Waals surface area (Å²) in [4.78, 5) is 34.8. The van der Waals surface area contributed by atoms with Crippen LogP contribution < -0.4 is 5.32 Å². The topological polar surface area (TPSA) is 63.2 Å². The van der Waals surface area contributed by atoms with Gasteiger partial charge in [-0.05, 0) is 11.6 Å². The fourth-order valence-corrected chi connectivity index (χ4v) is 2.66. The Balaban J connectivity index is 2.40. The molecule has 0 saturated heterocycles. The molecule has 4 nitrogen and oxygen atoms in total. The van der Waals surface area contributed by atoms with Gasteiger partial charge in [-0.25, -0.2) is 0 Å². The van der Waals surface area contributed by atoms with E-state index in [1.807, 2.05) is 30.3 Å². The molecule has 19 heavy (non-hydrogen) atoms. The Morgan fingerprint density at radius 1 is 1.21 bits per heavy atom. The first-order valence-corrected chi connectivity index (χ1v) is 6.40. The van der Waals surface area contributed by atoms with E-state index < -0.39 is 11.8 Å². The number of rotatable bonds is 3. The summed E-state index contributed by atoms with van der Waals surface area (Å²) in [6.45, 7) is 1.25. The molecule has 0 fully saturated rings. The summed E-state index contributed by atoms with van der Waals surface area (Å²) in [6, 6.07) is 11.1. The number of nitrogens with one attached hydrogen (secondary N) is 1. The van der Waals surface area contributed by atoms with Crippen molar-refractivity contribution >= 4 is 29.4 Å². The minimum absolute atomic E-state index is 0.254. The fraction of sp³-hybridized carbons (Fsp3) is 0.0714. The molecule has 2 amide bonds. The number of imide groups is 1. The first kappa shape index (κ1) is 13.2. The Bertz CT molecular complexity index is 631. The van der Waals surface area contributed by atoms with Gasteiger partial charge in [0, 0.05) is 17.4 Å². The molecule has 0 bridgehead atoms. The summed E-state index contributed by atoms with van der Waals surface area (Å²) in [6.07, 6.45) is 0.623. The monoisotopic (exact) mass is 273 g/mol. The highest BCUT2D eigenvalue weighted by Crippen LogP contribution is 2.30. The summed E-state index contributed by atoms with van der Waals surface area (Å²) in [5, 5.41) is 2.17. The van der Waals surface area contributed by atoms with Gasteiger partial charge in [0.2, 0.25) is 5.91 Å². The highest BCUT2D eigenvalue weighted by atomic mass is 32.1. The van der Waals surface area contributed by atoms with Gasteiger partial charge in [0.1, 0.15) is 4.88 Å². The Morgan fingerprint density at radius 2 is 1.89 bits per heavy atom. The molecule has 1 aromatic heterocycles. The van der Waals surface area contributed by atoms with Crippen molar-refractivity contribution in [2.75, 3.05) is 0 Å². The first-order chi connectivity index (χ1) is 9.11. The second-order valence-corrected chi connectivity index (χ2v) is 4.94. The van der Waals surface area contributed by atoms with E-state index in [9.17, 15) is 14.4 Å². The molecule has 1 aromatic carbocycles. The third kappa shape index (κ3) is 2.95. The maximum atomic E-state index is 11.8. The van der Waals surface area contributed by atoms with Crippen LogP contribution in [0.2, 0.25) is 0 Å². The van der Waals surface area contributed by atoms with Gasteiger partial charge in [-0.15, -0.1) is 11.3 Å². The lowest BCUT2D eigenvalue weighted by molar-refractivity contribution is -0.118. The predicted molar refractivity (Wildman–Crippen MR) is 73.3 cm³/mol. The van der Waals surface area contributed by atoms with Crippen LogP contribution in [0, 0.1) is 0 Å². The van der Waals surface area contributed by atoms with Crippen LogP contribution in [0.15, 0.2) is 36.4 Å². The van der Waals surface area contributed by atoms with Gasteiger partial charge >= 0.3 is 0 Å². The van der Waals surface area contributed by atoms with Crippen LogP contribution in [0.5, 0.6) is 0 Å². The molecule has 0 aliphatic rings. The van der Waals surface area contributed by atoms with Crippen LogP contribution in [0.25, 0.3) is 10.4 Å². The van der Waals surface area contributed by atoms with Gasteiger partial charge in [-0.1, -0.05) is 30.3 Å². The van der Waals surface area contributed by atoms with Gasteiger partial charge in [-0.3, -0.25) is 19.7 Å². The van der Waals surface area contributed by atoms with E-state index in [0.29, 0.717) is 11.8 Å². The fourth-order valence-electron chi connectivity index (χ4n) is 1.63. The van der Waals surface area contributed by atoms with E-state index in [1.54, 1.807) is 6.07 Å². The Kier molecular flexibility index (Phi) is 3.87. The second-order valence-electron chi connectivity index (χ2n) is 3.89. The van der Waals surface area contributed by atoms with Crippen LogP contribution in [0.4, 0.5) is 0 Å². The van der Waals surface area contributed by atoms with E-state index in [-0.39, 0.29) is 4.88 Å². The number of amides is 2. The van der Waals surface area contributed by atoms with Gasteiger partial charge in [0.05, 0.1) is 0 Å². The molecule has 2 aromatic rings. The minimum atomic E-state index is -0.540. The maximum Gasteiger partial charge on any atom is 0.268 e. The molecule has 0 radical (unpaired) electrons. The third-order valence-corrected chi connectivity index (χ3v) is 3.64. The van der Waals surface area contributed by atoms with E-state index in [2.05, 4.69) is 5.32 Å². The van der Waals surface area contributed by atoms with Crippen LogP contribution in [0.1, 0.15) is 27.0 Å². The molecule has 0 atom stereocenters. The molecule has 5 heteroatoms. The smallest absolute Gasteiger partial charge is 0.268 e. The first-order valence-electron chi connectivity index (χ1n) is 5.58. The van der Waals surface area contributed by atoms with Crippen molar-refractivity contribution in [2.45, 2.75) is 6.92 Å². The molecule has 1 heterocycles. The summed E-state index contributed by atoms with van der Waals surface area (Å²) >= 11 is 1.19. The lowest BCUT2D eigenvalue weighted by Crippen LogP contribution is -2.27. The summed E-state index contributed by atoms with van der Waals surface area (Å²) in [7, 11) is 0. The molecule has 0 saturated carbocycles. The average Bonchev–Trinajstić information content (AvgIpc) is 2.83. The Labute approximate surface area is 114 Å². The zero-order valence-electron chi connectivity index (χ0n) is 10.2. The minimum Gasteiger partial charge on any atom is -0.298 e. The largest absolute Gasteiger partial charge is 0.298 e. The zero-order chi connectivity index (χ0) is 13.8. The van der Waals surface area contributed by atoms with Crippen molar-refractivity contribution in [3.63, 3.8) is 0 Å². The van der Waals surface area contributed by atoms with Crippen molar-refractivity contribution in [3.8, 4) is 10.4 Å². The maximum absolute atomic E-state index is 11.8. The highest BCUT2D eigenvalue weighted by Gasteiger charge is 2.17. The van der Waals surface area contributed by atoms with E-state index in [4.69, 9.17) is 0 Å². The van der Waals surface area contributed by atoms with Gasteiger partial charge in [0.15, 0.2) is 6.29 Å². The molecule has 0 spiro atoms. The number of hydrogen-bond acceptors (Lipinski definition) is 4. The van der Waals surface area contributed by atoms with Gasteiger partial charge < -0.3 is 0 Å². The molecular formula is C14H11NO3S. The standard InChI is InChI=1S/C14H11NO3S/c1-9(17)15-14(18)13-11(8-16)7-12(19-13)10-5-3-2-4-6-10/h2-8H,1H3,(H,15,17,18). The predicted octanol–water partition coefficient (Wildman–Crippen LogP) is 2.50. The quantitative estimate of drug-likeness (QED) is 0.874. The van der Waals surface area contributed by atoms with Crippen molar-refractivity contribution in [2.24, 2.45) is 0 Å². The molecule has 96 valence electrons. The molecule has 0 aliphatic carbocycles. The SMILES string of the molecule is CC(=O)NC(=O)c1sc(-c2ccccc2)cc1C=O. The summed E-state index contributed by atoms with van der Waals surface area (Å²) in [5.74, 6) is -0.988. The molecular weight excluding hydrogens is 262 g/mol. The van der Waals surface area contributed by atoms with Crippen LogP contribution in [-0.4, -0.2) is 18.1 Å². The van der Waals surface area contributed by atoms with Crippen LogP contribution in [-0.2, 0) is 4.79 Å². The van der Waals surface area contributed by atoms with E-state index in [0.717, 1.165) is 10.4 Å². The molecule has 1 N–H and O–H groups in total. The third-order valence-electron chi connectivity index (χ3n) is 2.44. The Morgan fingerprint density at radius 3 is 2.47 bits per heavy atom. The normalized spacial score (nSPS) is 9.95. The number of hydrogen-bond donors (Lipinski definition) is 1. The number of benzene rings is 1. The number of carbonyl (C=O) groups is 3. The van der Waals surface area contributed by atoms with Crippen molar-refractivity contribution < 1.29 is 14.4 Å². The zero-order valence-corrected chi connectivity index (χ0v) is 11.0. The van der Waals surface area contributed by atoms with Crippen molar-refractivity contribution in [3.05, 3.63) is 46.8 Å². The van der Waals surface area contributed by atoms with E-state index >= 15 is 0 Å². The van der Waals surface area contributed by atoms with Gasteiger partial charge in [-0.2, -0.15) is 0 Å². The Hall–Kier alpha value is -2.27. The summed E-state index contributed by atoms with van der Waals surface area (Å²) < 4.78 is 0. The molecule has 2 rings (SSSR count). The van der Waals surface area contributed by atoms with Gasteiger partial charge in [0.25, 0.3) is 5.91 Å². The average molecular weight is 273 g/mol. The van der Waals surface area contributed by atoms with Crippen molar-refractivity contribution in [1.29, 1.82) is 0 Å². The lowest BCUT2D eigenvalue weighted by Gasteiger charge is -1.98. The number of aldehydes is 1. The number of carbonyl (C=O) groups excluding carboxylic acids is 3. The molecule has 0 unspecified atom stereocenters. The number of thiophene rings is 1. The summed E-state index contributed by atoms with van der Waals surface area (Å²) in [5.41, 5.74) is 1.22. The second kappa shape index (κ2) is 5.58. The highest BCUT2D eigenvalue weighted by molar-refractivity contribution is 7.17. The van der Waals surface area contributed by atoms with Crippen LogP contribution >= 0.6 is 11.3 Å². The van der Waals surface area contributed by atoms with Crippen LogP contribution in [0.3, 0.4) is 0 Å². The molecule has 0 aliphatic heterocycles.